The molecule has 0 saturated heterocycles. The van der Waals surface area contributed by atoms with Gasteiger partial charge in [0.15, 0.2) is 6.61 Å². The Kier molecular flexibility index (Phi) is 5.44. The molecule has 0 aromatic heterocycles. The minimum absolute atomic E-state index is 0.0399. The zero-order valence-electron chi connectivity index (χ0n) is 10.6. The van der Waals surface area contributed by atoms with Crippen LogP contribution in [-0.2, 0) is 10.1 Å². The van der Waals surface area contributed by atoms with Gasteiger partial charge >= 0.3 is 0 Å². The Labute approximate surface area is 131 Å². The van der Waals surface area contributed by atoms with E-state index in [0.29, 0.717) is 10.8 Å². The third-order valence-electron chi connectivity index (χ3n) is 2.58. The highest BCUT2D eigenvalue weighted by Crippen LogP contribution is 2.16. The number of carbonyl (C=O) groups is 1. The summed E-state index contributed by atoms with van der Waals surface area (Å²) in [6, 6.07) is 14.5. The highest BCUT2D eigenvalue weighted by Gasteiger charge is 2.03. The summed E-state index contributed by atoms with van der Waals surface area (Å²) in [5, 5.41) is 4.20. The molecule has 1 amide bonds. The Morgan fingerprint density at radius 1 is 1.10 bits per heavy atom. The van der Waals surface area contributed by atoms with Gasteiger partial charge in [0.2, 0.25) is 0 Å². The van der Waals surface area contributed by atoms with Gasteiger partial charge in [-0.25, -0.2) is 0 Å². The predicted molar refractivity (Wildman–Crippen MR) is 84.6 cm³/mol. The van der Waals surface area contributed by atoms with Crippen LogP contribution < -0.4 is 10.1 Å². The number of hydrogen-bond acceptors (Lipinski definition) is 2. The van der Waals surface area contributed by atoms with Crippen molar-refractivity contribution >= 4 is 39.1 Å². The fourth-order valence-corrected chi connectivity index (χ4v) is 2.05. The molecule has 0 bridgehead atoms. The van der Waals surface area contributed by atoms with Gasteiger partial charge in [-0.1, -0.05) is 39.7 Å². The van der Waals surface area contributed by atoms with Crippen LogP contribution in [-0.4, -0.2) is 12.5 Å². The van der Waals surface area contributed by atoms with Crippen LogP contribution in [0, 0.1) is 0 Å². The van der Waals surface area contributed by atoms with Crippen LogP contribution in [0.3, 0.4) is 0 Å². The van der Waals surface area contributed by atoms with Crippen molar-refractivity contribution in [2.75, 3.05) is 11.9 Å². The quantitative estimate of drug-likeness (QED) is 0.815. The average molecular weight is 355 g/mol. The molecule has 5 heteroatoms. The van der Waals surface area contributed by atoms with Gasteiger partial charge in [-0.2, -0.15) is 0 Å². The SMILES string of the molecule is O=C(COc1ccc(Cl)cc1)Nc1ccc(CBr)cc1. The highest BCUT2D eigenvalue weighted by atomic mass is 79.9. The Bertz CT molecular complexity index is 569. The monoisotopic (exact) mass is 353 g/mol. The van der Waals surface area contributed by atoms with Crippen LogP contribution in [0.1, 0.15) is 5.56 Å². The molecule has 1 N–H and O–H groups in total. The summed E-state index contributed by atoms with van der Waals surface area (Å²) in [6.45, 7) is -0.0399. The zero-order valence-corrected chi connectivity index (χ0v) is 12.9. The zero-order chi connectivity index (χ0) is 14.4. The second-order valence-electron chi connectivity index (χ2n) is 4.12. The molecule has 0 atom stereocenters. The molecule has 0 fully saturated rings. The first-order chi connectivity index (χ1) is 9.67. The molecule has 0 aliphatic rings. The van der Waals surface area contributed by atoms with Crippen molar-refractivity contribution in [2.24, 2.45) is 0 Å². The van der Waals surface area contributed by atoms with Crippen molar-refractivity contribution < 1.29 is 9.53 Å². The van der Waals surface area contributed by atoms with Gasteiger partial charge in [0.1, 0.15) is 5.75 Å². The lowest BCUT2D eigenvalue weighted by Crippen LogP contribution is -2.20. The van der Waals surface area contributed by atoms with Crippen molar-refractivity contribution in [1.82, 2.24) is 0 Å². The van der Waals surface area contributed by atoms with Gasteiger partial charge in [0, 0.05) is 16.0 Å². The van der Waals surface area contributed by atoms with Crippen molar-refractivity contribution in [1.29, 1.82) is 0 Å². The Balaban J connectivity index is 1.84. The van der Waals surface area contributed by atoms with E-state index in [2.05, 4.69) is 21.2 Å². The maximum Gasteiger partial charge on any atom is 0.262 e. The predicted octanol–water partition coefficient (Wildman–Crippen LogP) is 4.25. The molecule has 0 aliphatic heterocycles. The molecule has 20 heavy (non-hydrogen) atoms. The summed E-state index contributed by atoms with van der Waals surface area (Å²) < 4.78 is 5.36. The van der Waals surface area contributed by atoms with E-state index >= 15 is 0 Å². The molecule has 3 nitrogen and oxygen atoms in total. The summed E-state index contributed by atoms with van der Waals surface area (Å²) in [5.74, 6) is 0.408. The number of amides is 1. The number of anilines is 1. The number of rotatable bonds is 5. The fraction of sp³-hybridized carbons (Fsp3) is 0.133. The number of ether oxygens (including phenoxy) is 1. The lowest BCUT2D eigenvalue weighted by Gasteiger charge is -2.08. The van der Waals surface area contributed by atoms with Crippen molar-refractivity contribution in [3.8, 4) is 5.75 Å². The first-order valence-electron chi connectivity index (χ1n) is 6.00. The molecule has 0 heterocycles. The average Bonchev–Trinajstić information content (AvgIpc) is 2.47. The molecule has 0 unspecified atom stereocenters. The molecule has 0 radical (unpaired) electrons. The first kappa shape index (κ1) is 14.9. The van der Waals surface area contributed by atoms with Gasteiger partial charge in [0.05, 0.1) is 0 Å². The lowest BCUT2D eigenvalue weighted by molar-refractivity contribution is -0.118. The normalized spacial score (nSPS) is 10.1. The lowest BCUT2D eigenvalue weighted by atomic mass is 10.2. The first-order valence-corrected chi connectivity index (χ1v) is 7.50. The van der Waals surface area contributed by atoms with Crippen LogP contribution in [0.5, 0.6) is 5.75 Å². The van der Waals surface area contributed by atoms with Gasteiger partial charge < -0.3 is 10.1 Å². The maximum atomic E-state index is 11.7. The molecular formula is C15H13BrClNO2. The Morgan fingerprint density at radius 3 is 2.35 bits per heavy atom. The summed E-state index contributed by atoms with van der Waals surface area (Å²) in [5.41, 5.74) is 1.90. The summed E-state index contributed by atoms with van der Waals surface area (Å²) >= 11 is 9.14. The summed E-state index contributed by atoms with van der Waals surface area (Å²) in [4.78, 5) is 11.7. The minimum atomic E-state index is -0.202. The van der Waals surface area contributed by atoms with Gasteiger partial charge in [-0.15, -0.1) is 0 Å². The van der Waals surface area contributed by atoms with E-state index in [-0.39, 0.29) is 12.5 Å². The van der Waals surface area contributed by atoms with Gasteiger partial charge in [0.25, 0.3) is 5.91 Å². The smallest absolute Gasteiger partial charge is 0.262 e. The number of alkyl halides is 1. The van der Waals surface area contributed by atoms with E-state index in [1.807, 2.05) is 24.3 Å². The number of carbonyl (C=O) groups excluding carboxylic acids is 1. The fourth-order valence-electron chi connectivity index (χ4n) is 1.55. The second kappa shape index (κ2) is 7.31. The number of hydrogen-bond donors (Lipinski definition) is 1. The molecule has 2 aromatic rings. The van der Waals surface area contributed by atoms with Gasteiger partial charge in [-0.05, 0) is 42.0 Å². The van der Waals surface area contributed by atoms with E-state index < -0.39 is 0 Å². The molecule has 2 rings (SSSR count). The number of halogens is 2. The van der Waals surface area contributed by atoms with E-state index in [9.17, 15) is 4.79 Å². The molecule has 0 saturated carbocycles. The molecule has 2 aromatic carbocycles. The van der Waals surface area contributed by atoms with Crippen LogP contribution in [0.25, 0.3) is 0 Å². The third-order valence-corrected chi connectivity index (χ3v) is 3.48. The molecule has 0 spiro atoms. The van der Waals surface area contributed by atoms with Crippen molar-refractivity contribution in [2.45, 2.75) is 5.33 Å². The van der Waals surface area contributed by atoms with Crippen LogP contribution in [0.4, 0.5) is 5.69 Å². The molecule has 0 aliphatic carbocycles. The van der Waals surface area contributed by atoms with Crippen LogP contribution >= 0.6 is 27.5 Å². The van der Waals surface area contributed by atoms with Crippen LogP contribution in [0.15, 0.2) is 48.5 Å². The van der Waals surface area contributed by atoms with E-state index in [1.165, 1.54) is 0 Å². The summed E-state index contributed by atoms with van der Waals surface area (Å²) in [7, 11) is 0. The topological polar surface area (TPSA) is 38.3 Å². The second-order valence-corrected chi connectivity index (χ2v) is 5.12. The Hall–Kier alpha value is -1.52. The number of benzene rings is 2. The van der Waals surface area contributed by atoms with E-state index in [4.69, 9.17) is 16.3 Å². The van der Waals surface area contributed by atoms with E-state index in [1.54, 1.807) is 24.3 Å². The van der Waals surface area contributed by atoms with Crippen molar-refractivity contribution in [3.63, 3.8) is 0 Å². The minimum Gasteiger partial charge on any atom is -0.484 e. The summed E-state index contributed by atoms with van der Waals surface area (Å²) in [6.07, 6.45) is 0. The maximum absolute atomic E-state index is 11.7. The number of nitrogens with one attached hydrogen (secondary N) is 1. The third kappa shape index (κ3) is 4.54. The molecular weight excluding hydrogens is 342 g/mol. The molecule has 104 valence electrons. The Morgan fingerprint density at radius 2 is 1.75 bits per heavy atom. The van der Waals surface area contributed by atoms with E-state index in [0.717, 1.165) is 16.6 Å². The largest absolute Gasteiger partial charge is 0.484 e. The van der Waals surface area contributed by atoms with Crippen molar-refractivity contribution in [3.05, 3.63) is 59.1 Å². The highest BCUT2D eigenvalue weighted by molar-refractivity contribution is 9.08. The van der Waals surface area contributed by atoms with Crippen LogP contribution in [0.2, 0.25) is 5.02 Å². The van der Waals surface area contributed by atoms with Gasteiger partial charge in [-0.3, -0.25) is 4.79 Å². The standard InChI is InChI=1S/C15H13BrClNO2/c16-9-11-1-5-13(6-2-11)18-15(19)10-20-14-7-3-12(17)4-8-14/h1-8H,9-10H2,(H,18,19).